The van der Waals surface area contributed by atoms with Gasteiger partial charge in [-0.3, -0.25) is 15.3 Å². The predicted octanol–water partition coefficient (Wildman–Crippen LogP) is 3.03. The van der Waals surface area contributed by atoms with E-state index >= 15 is 0 Å². The zero-order valence-electron chi connectivity index (χ0n) is 9.91. The number of pyridine rings is 1. The lowest BCUT2D eigenvalue weighted by Gasteiger charge is -2.26. The lowest BCUT2D eigenvalue weighted by atomic mass is 10.2. The van der Waals surface area contributed by atoms with Crippen LogP contribution >= 0.6 is 15.9 Å². The van der Waals surface area contributed by atoms with Crippen molar-refractivity contribution in [3.05, 3.63) is 22.9 Å². The zero-order valence-corrected chi connectivity index (χ0v) is 11.5. The Labute approximate surface area is 104 Å². The van der Waals surface area contributed by atoms with Crippen molar-refractivity contribution in [2.45, 2.75) is 26.4 Å². The topological polar surface area (TPSA) is 49.2 Å². The largest absolute Gasteiger partial charge is 0.459 e. The summed E-state index contributed by atoms with van der Waals surface area (Å²) in [6.45, 7) is 5.73. The van der Waals surface area contributed by atoms with Gasteiger partial charge in [-0.05, 0) is 42.8 Å². The third-order valence-corrected chi connectivity index (χ3v) is 2.22. The molecule has 0 radical (unpaired) electrons. The molecule has 0 aliphatic rings. The van der Waals surface area contributed by atoms with Crippen molar-refractivity contribution in [1.82, 2.24) is 4.98 Å². The summed E-state index contributed by atoms with van der Waals surface area (Å²) in [4.78, 5) is 5.69. The van der Waals surface area contributed by atoms with Gasteiger partial charge in [0.25, 0.3) is 6.02 Å². The number of halogens is 1. The van der Waals surface area contributed by atoms with Crippen LogP contribution in [0.25, 0.3) is 0 Å². The minimum absolute atomic E-state index is 0.104. The first kappa shape index (κ1) is 13.0. The van der Waals surface area contributed by atoms with Crippen LogP contribution in [0.2, 0.25) is 0 Å². The number of rotatable bonds is 1. The molecule has 0 amide bonds. The minimum atomic E-state index is -0.370. The van der Waals surface area contributed by atoms with Gasteiger partial charge in [-0.2, -0.15) is 0 Å². The van der Waals surface area contributed by atoms with Crippen molar-refractivity contribution in [2.75, 3.05) is 11.9 Å². The van der Waals surface area contributed by atoms with E-state index in [-0.39, 0.29) is 11.6 Å². The molecule has 0 atom stereocenters. The molecule has 0 saturated carbocycles. The average Bonchev–Trinajstić information content (AvgIpc) is 2.14. The van der Waals surface area contributed by atoms with Gasteiger partial charge >= 0.3 is 0 Å². The molecule has 88 valence electrons. The first-order chi connectivity index (χ1) is 7.29. The monoisotopic (exact) mass is 285 g/mol. The third-order valence-electron chi connectivity index (χ3n) is 1.79. The van der Waals surface area contributed by atoms with Crippen molar-refractivity contribution in [1.29, 1.82) is 5.41 Å². The van der Waals surface area contributed by atoms with Crippen molar-refractivity contribution in [2.24, 2.45) is 0 Å². The molecule has 1 rings (SSSR count). The quantitative estimate of drug-likeness (QED) is 0.637. The fraction of sp³-hybridized carbons (Fsp3) is 0.455. The Kier molecular flexibility index (Phi) is 3.91. The fourth-order valence-electron chi connectivity index (χ4n) is 1.06. The van der Waals surface area contributed by atoms with Gasteiger partial charge in [0.15, 0.2) is 0 Å². The number of hydrogen-bond donors (Lipinski definition) is 1. The summed E-state index contributed by atoms with van der Waals surface area (Å²) in [6.07, 6.45) is 3.39. The van der Waals surface area contributed by atoms with E-state index in [1.807, 2.05) is 26.8 Å². The highest BCUT2D eigenvalue weighted by atomic mass is 79.9. The lowest BCUT2D eigenvalue weighted by molar-refractivity contribution is 0.111. The van der Waals surface area contributed by atoms with Crippen molar-refractivity contribution >= 4 is 27.6 Å². The molecule has 0 saturated heterocycles. The van der Waals surface area contributed by atoms with Gasteiger partial charge in [-0.15, -0.1) is 0 Å². The average molecular weight is 286 g/mol. The summed E-state index contributed by atoms with van der Waals surface area (Å²) >= 11 is 3.34. The van der Waals surface area contributed by atoms with Crippen molar-refractivity contribution in [3.8, 4) is 0 Å². The van der Waals surface area contributed by atoms with Crippen LogP contribution in [-0.4, -0.2) is 23.7 Å². The minimum Gasteiger partial charge on any atom is -0.459 e. The van der Waals surface area contributed by atoms with E-state index in [4.69, 9.17) is 10.1 Å². The molecule has 0 aromatic carbocycles. The van der Waals surface area contributed by atoms with Crippen LogP contribution in [0.4, 0.5) is 5.69 Å². The molecule has 0 spiro atoms. The maximum absolute atomic E-state index is 7.82. The summed E-state index contributed by atoms with van der Waals surface area (Å²) < 4.78 is 6.34. The van der Waals surface area contributed by atoms with Crippen LogP contribution in [0, 0.1) is 5.41 Å². The van der Waals surface area contributed by atoms with Crippen molar-refractivity contribution < 1.29 is 4.74 Å². The second-order valence-corrected chi connectivity index (χ2v) is 5.36. The molecule has 1 heterocycles. The molecular weight excluding hydrogens is 270 g/mol. The Balaban J connectivity index is 2.78. The molecule has 1 aromatic rings. The second-order valence-electron chi connectivity index (χ2n) is 4.44. The Morgan fingerprint density at radius 3 is 2.56 bits per heavy atom. The van der Waals surface area contributed by atoms with E-state index in [1.54, 1.807) is 24.3 Å². The van der Waals surface area contributed by atoms with Crippen LogP contribution in [-0.2, 0) is 4.74 Å². The van der Waals surface area contributed by atoms with Gasteiger partial charge in [-0.1, -0.05) is 0 Å². The maximum Gasteiger partial charge on any atom is 0.289 e. The summed E-state index contributed by atoms with van der Waals surface area (Å²) in [5.41, 5.74) is 0.439. The van der Waals surface area contributed by atoms with E-state index in [0.29, 0.717) is 0 Å². The molecule has 1 N–H and O–H groups in total. The highest BCUT2D eigenvalue weighted by Gasteiger charge is 2.17. The number of ether oxygens (including phenoxy) is 1. The van der Waals surface area contributed by atoms with E-state index in [9.17, 15) is 0 Å². The predicted molar refractivity (Wildman–Crippen MR) is 68.9 cm³/mol. The summed E-state index contributed by atoms with van der Waals surface area (Å²) in [7, 11) is 1.78. The molecule has 4 nitrogen and oxygen atoms in total. The standard InChI is InChI=1S/C11H16BrN3O/c1-11(2,3)16-10(13)15(4)9-5-8(12)6-14-7-9/h5-7,13H,1-4H3. The summed E-state index contributed by atoms with van der Waals surface area (Å²) in [5.74, 6) is 0. The number of amidine groups is 1. The van der Waals surface area contributed by atoms with Gasteiger partial charge in [0.1, 0.15) is 5.60 Å². The summed E-state index contributed by atoms with van der Waals surface area (Å²) in [6, 6.07) is 1.99. The van der Waals surface area contributed by atoms with Crippen LogP contribution in [0.15, 0.2) is 22.9 Å². The molecule has 0 aliphatic heterocycles. The highest BCUT2D eigenvalue weighted by molar-refractivity contribution is 9.10. The van der Waals surface area contributed by atoms with E-state index in [0.717, 1.165) is 10.2 Å². The third kappa shape index (κ3) is 3.81. The van der Waals surface area contributed by atoms with Gasteiger partial charge in [0, 0.05) is 17.7 Å². The number of nitrogens with one attached hydrogen (secondary N) is 1. The van der Waals surface area contributed by atoms with Gasteiger partial charge in [-0.25, -0.2) is 0 Å². The smallest absolute Gasteiger partial charge is 0.289 e. The molecule has 5 heteroatoms. The second kappa shape index (κ2) is 4.82. The molecule has 16 heavy (non-hydrogen) atoms. The first-order valence-corrected chi connectivity index (χ1v) is 5.71. The number of nitrogens with zero attached hydrogens (tertiary/aromatic N) is 2. The van der Waals surface area contributed by atoms with Crippen LogP contribution in [0.3, 0.4) is 0 Å². The Hall–Kier alpha value is -1.10. The highest BCUT2D eigenvalue weighted by Crippen LogP contribution is 2.18. The van der Waals surface area contributed by atoms with E-state index < -0.39 is 0 Å². The fourth-order valence-corrected chi connectivity index (χ4v) is 1.41. The van der Waals surface area contributed by atoms with Crippen LogP contribution in [0.5, 0.6) is 0 Å². The molecule has 0 bridgehead atoms. The molecular formula is C11H16BrN3O. The number of aromatic nitrogens is 1. The number of hydrogen-bond acceptors (Lipinski definition) is 3. The van der Waals surface area contributed by atoms with Gasteiger partial charge < -0.3 is 4.74 Å². The first-order valence-electron chi connectivity index (χ1n) is 4.91. The lowest BCUT2D eigenvalue weighted by Crippen LogP contribution is -2.34. The SMILES string of the molecule is CN(C(=N)OC(C)(C)C)c1cncc(Br)c1. The summed E-state index contributed by atoms with van der Waals surface area (Å²) in [5, 5.41) is 7.82. The maximum atomic E-state index is 7.82. The normalized spacial score (nSPS) is 11.1. The molecule has 0 aliphatic carbocycles. The Morgan fingerprint density at radius 2 is 2.06 bits per heavy atom. The molecule has 0 fully saturated rings. The van der Waals surface area contributed by atoms with Gasteiger partial charge in [0.05, 0.1) is 11.9 Å². The van der Waals surface area contributed by atoms with Gasteiger partial charge in [0.2, 0.25) is 0 Å². The van der Waals surface area contributed by atoms with Crippen molar-refractivity contribution in [3.63, 3.8) is 0 Å². The van der Waals surface area contributed by atoms with E-state index in [2.05, 4.69) is 20.9 Å². The van der Waals surface area contributed by atoms with E-state index in [1.165, 1.54) is 0 Å². The zero-order chi connectivity index (χ0) is 12.3. The Morgan fingerprint density at radius 1 is 1.44 bits per heavy atom. The van der Waals surface area contributed by atoms with Crippen LogP contribution < -0.4 is 4.90 Å². The Bertz CT molecular complexity index is 387. The molecule has 0 unspecified atom stereocenters. The molecule has 1 aromatic heterocycles. The van der Waals surface area contributed by atoms with Crippen LogP contribution in [0.1, 0.15) is 20.8 Å². The number of anilines is 1.